The Morgan fingerprint density at radius 3 is 3.05 bits per heavy atom. The van der Waals surface area contributed by atoms with Crippen molar-refractivity contribution in [3.63, 3.8) is 0 Å². The number of nitrogens with one attached hydrogen (secondary N) is 1. The van der Waals surface area contributed by atoms with E-state index < -0.39 is 0 Å². The summed E-state index contributed by atoms with van der Waals surface area (Å²) >= 11 is 0. The van der Waals surface area contributed by atoms with E-state index in [1.54, 1.807) is 0 Å². The van der Waals surface area contributed by atoms with Crippen LogP contribution in [0.3, 0.4) is 0 Å². The highest BCUT2D eigenvalue weighted by molar-refractivity contribution is 5.85. The summed E-state index contributed by atoms with van der Waals surface area (Å²) in [5, 5.41) is 18.2. The zero-order chi connectivity index (χ0) is 15.4. The summed E-state index contributed by atoms with van der Waals surface area (Å²) in [6.07, 6.45) is 2.07. The molecule has 0 bridgehead atoms. The van der Waals surface area contributed by atoms with Gasteiger partial charge in [-0.1, -0.05) is 30.3 Å². The van der Waals surface area contributed by atoms with Gasteiger partial charge in [0.05, 0.1) is 5.71 Å². The van der Waals surface area contributed by atoms with Crippen LogP contribution in [-0.2, 0) is 11.4 Å². The minimum absolute atomic E-state index is 0.167. The van der Waals surface area contributed by atoms with E-state index in [9.17, 15) is 0 Å². The molecule has 0 fully saturated rings. The van der Waals surface area contributed by atoms with E-state index in [1.807, 2.05) is 12.1 Å². The zero-order valence-electron chi connectivity index (χ0n) is 12.9. The van der Waals surface area contributed by atoms with Crippen molar-refractivity contribution in [3.05, 3.63) is 29.8 Å². The first kappa shape index (κ1) is 14.6. The molecule has 2 heterocycles. The first-order valence-electron chi connectivity index (χ1n) is 7.47. The fourth-order valence-corrected chi connectivity index (χ4v) is 2.61. The first-order valence-corrected chi connectivity index (χ1v) is 7.47. The zero-order valence-corrected chi connectivity index (χ0v) is 12.9. The van der Waals surface area contributed by atoms with Gasteiger partial charge >= 0.3 is 0 Å². The standard InChI is InChI=1S/C15H20N6O/c1-3-13-8-14(22-18-13)10-21(2)9-11-5-4-6-12(7-11)15-16-19-20-17-15/h4-7,14H,3,8-10H2,1-2H3,(H,16,17,19,20)/t14-/m1/s1. The van der Waals surface area contributed by atoms with E-state index in [2.05, 4.69) is 56.8 Å². The van der Waals surface area contributed by atoms with Crippen LogP contribution < -0.4 is 0 Å². The Bertz CT molecular complexity index is 639. The molecule has 2 aromatic rings. The Hall–Kier alpha value is -2.28. The van der Waals surface area contributed by atoms with E-state index in [0.717, 1.165) is 37.2 Å². The molecule has 0 aliphatic carbocycles. The predicted octanol–water partition coefficient (Wildman–Crippen LogP) is 1.85. The number of rotatable bonds is 6. The maximum atomic E-state index is 5.46. The van der Waals surface area contributed by atoms with Crippen LogP contribution in [0.1, 0.15) is 25.3 Å². The Labute approximate surface area is 129 Å². The monoisotopic (exact) mass is 300 g/mol. The van der Waals surface area contributed by atoms with Crippen LogP contribution in [0.15, 0.2) is 29.4 Å². The van der Waals surface area contributed by atoms with Gasteiger partial charge in [-0.2, -0.15) is 5.21 Å². The molecule has 1 aromatic heterocycles. The average Bonchev–Trinajstić information content (AvgIpc) is 3.18. The van der Waals surface area contributed by atoms with Gasteiger partial charge in [-0.25, -0.2) is 0 Å². The quantitative estimate of drug-likeness (QED) is 0.880. The van der Waals surface area contributed by atoms with Crippen molar-refractivity contribution in [2.24, 2.45) is 5.16 Å². The second kappa shape index (κ2) is 6.65. The SMILES string of the molecule is CCC1=NO[C@@H](CN(C)Cc2cccc(-c3nn[nH]n3)c2)C1. The minimum atomic E-state index is 0.167. The molecule has 0 amide bonds. The lowest BCUT2D eigenvalue weighted by Gasteiger charge is -2.19. The number of nitrogens with zero attached hydrogens (tertiary/aromatic N) is 5. The number of aromatic amines is 1. The summed E-state index contributed by atoms with van der Waals surface area (Å²) in [7, 11) is 2.09. The van der Waals surface area contributed by atoms with Crippen molar-refractivity contribution in [1.29, 1.82) is 0 Å². The van der Waals surface area contributed by atoms with E-state index in [-0.39, 0.29) is 6.10 Å². The highest BCUT2D eigenvalue weighted by Crippen LogP contribution is 2.17. The number of hydrogen-bond donors (Lipinski definition) is 1. The van der Waals surface area contributed by atoms with Crippen molar-refractivity contribution in [2.75, 3.05) is 13.6 Å². The minimum Gasteiger partial charge on any atom is -0.391 e. The van der Waals surface area contributed by atoms with Crippen LogP contribution >= 0.6 is 0 Å². The van der Waals surface area contributed by atoms with Crippen LogP contribution in [0.2, 0.25) is 0 Å². The molecule has 1 aromatic carbocycles. The summed E-state index contributed by atoms with van der Waals surface area (Å²) in [6, 6.07) is 8.18. The van der Waals surface area contributed by atoms with Gasteiger partial charge < -0.3 is 4.84 Å². The van der Waals surface area contributed by atoms with Gasteiger partial charge in [-0.05, 0) is 30.3 Å². The first-order chi connectivity index (χ1) is 10.7. The van der Waals surface area contributed by atoms with Gasteiger partial charge in [0, 0.05) is 25.1 Å². The molecule has 0 radical (unpaired) electrons. The Morgan fingerprint density at radius 1 is 1.41 bits per heavy atom. The third kappa shape index (κ3) is 3.48. The summed E-state index contributed by atoms with van der Waals surface area (Å²) in [5.41, 5.74) is 3.32. The van der Waals surface area contributed by atoms with Crippen molar-refractivity contribution in [1.82, 2.24) is 25.5 Å². The highest BCUT2D eigenvalue weighted by atomic mass is 16.6. The predicted molar refractivity (Wildman–Crippen MR) is 83.2 cm³/mol. The number of oxime groups is 1. The Kier molecular flexibility index (Phi) is 4.43. The topological polar surface area (TPSA) is 79.3 Å². The summed E-state index contributed by atoms with van der Waals surface area (Å²) < 4.78 is 0. The van der Waals surface area contributed by atoms with E-state index in [4.69, 9.17) is 4.84 Å². The van der Waals surface area contributed by atoms with Crippen molar-refractivity contribution < 1.29 is 4.84 Å². The van der Waals surface area contributed by atoms with E-state index in [0.29, 0.717) is 5.82 Å². The normalized spacial score (nSPS) is 17.6. The van der Waals surface area contributed by atoms with Crippen LogP contribution in [-0.4, -0.2) is 50.9 Å². The number of H-pyrrole nitrogens is 1. The third-order valence-corrected chi connectivity index (χ3v) is 3.70. The van der Waals surface area contributed by atoms with Gasteiger partial charge in [-0.3, -0.25) is 4.90 Å². The van der Waals surface area contributed by atoms with Crippen LogP contribution in [0.25, 0.3) is 11.4 Å². The van der Waals surface area contributed by atoms with Gasteiger partial charge in [0.25, 0.3) is 0 Å². The van der Waals surface area contributed by atoms with Crippen LogP contribution in [0.5, 0.6) is 0 Å². The lowest BCUT2D eigenvalue weighted by atomic mass is 10.1. The number of aromatic nitrogens is 4. The van der Waals surface area contributed by atoms with Gasteiger partial charge in [0.15, 0.2) is 0 Å². The van der Waals surface area contributed by atoms with Crippen LogP contribution in [0.4, 0.5) is 0 Å². The molecule has 1 atom stereocenters. The maximum absolute atomic E-state index is 5.46. The molecule has 1 N–H and O–H groups in total. The summed E-state index contributed by atoms with van der Waals surface area (Å²) in [5.74, 6) is 0.615. The summed E-state index contributed by atoms with van der Waals surface area (Å²) in [6.45, 7) is 3.81. The third-order valence-electron chi connectivity index (χ3n) is 3.70. The lowest BCUT2D eigenvalue weighted by molar-refractivity contribution is 0.0576. The molecule has 0 unspecified atom stereocenters. The smallest absolute Gasteiger partial charge is 0.204 e. The molecular formula is C15H20N6O. The van der Waals surface area contributed by atoms with Gasteiger partial charge in [0.1, 0.15) is 6.10 Å². The van der Waals surface area contributed by atoms with Gasteiger partial charge in [-0.15, -0.1) is 10.2 Å². The summed E-state index contributed by atoms with van der Waals surface area (Å²) in [4.78, 5) is 7.71. The second-order valence-corrected chi connectivity index (χ2v) is 5.58. The molecular weight excluding hydrogens is 280 g/mol. The van der Waals surface area contributed by atoms with Crippen LogP contribution in [0, 0.1) is 0 Å². The average molecular weight is 300 g/mol. The molecule has 22 heavy (non-hydrogen) atoms. The molecule has 0 spiro atoms. The molecule has 0 saturated heterocycles. The highest BCUT2D eigenvalue weighted by Gasteiger charge is 2.21. The molecule has 1 aliphatic heterocycles. The molecule has 116 valence electrons. The Balaban J connectivity index is 1.58. The molecule has 0 saturated carbocycles. The fraction of sp³-hybridized carbons (Fsp3) is 0.467. The number of tetrazole rings is 1. The number of benzene rings is 1. The van der Waals surface area contributed by atoms with E-state index >= 15 is 0 Å². The van der Waals surface area contributed by atoms with Crippen molar-refractivity contribution >= 4 is 5.71 Å². The number of hydrogen-bond acceptors (Lipinski definition) is 6. The molecule has 1 aliphatic rings. The lowest BCUT2D eigenvalue weighted by Crippen LogP contribution is -2.29. The van der Waals surface area contributed by atoms with Gasteiger partial charge in [0.2, 0.25) is 5.82 Å². The maximum Gasteiger partial charge on any atom is 0.204 e. The van der Waals surface area contributed by atoms with Crippen molar-refractivity contribution in [2.45, 2.75) is 32.4 Å². The van der Waals surface area contributed by atoms with E-state index in [1.165, 1.54) is 5.56 Å². The molecule has 3 rings (SSSR count). The van der Waals surface area contributed by atoms with Crippen molar-refractivity contribution in [3.8, 4) is 11.4 Å². The molecule has 7 nitrogen and oxygen atoms in total. The largest absolute Gasteiger partial charge is 0.391 e. The fourth-order valence-electron chi connectivity index (χ4n) is 2.61. The second-order valence-electron chi connectivity index (χ2n) is 5.58. The molecule has 7 heteroatoms. The number of likely N-dealkylation sites (N-methyl/N-ethyl adjacent to an activating group) is 1. The Morgan fingerprint density at radius 2 is 2.32 bits per heavy atom.